The second kappa shape index (κ2) is 8.26. The van der Waals surface area contributed by atoms with Crippen LogP contribution in [-0.2, 0) is 4.79 Å². The lowest BCUT2D eigenvalue weighted by atomic mass is 10.2. The first kappa shape index (κ1) is 17.7. The number of likely N-dealkylation sites (N-methyl/N-ethyl adjacent to an activating group) is 2. The van der Waals surface area contributed by atoms with Crippen LogP contribution in [0.5, 0.6) is 0 Å². The SMILES string of the molecule is CNCCN(C)C(=O)C(C)N1CCN(c2ccc(F)cc2)CC1. The van der Waals surface area contributed by atoms with Gasteiger partial charge < -0.3 is 15.1 Å². The summed E-state index contributed by atoms with van der Waals surface area (Å²) in [6.45, 7) is 6.87. The molecular weight excluding hydrogens is 295 g/mol. The maximum atomic E-state index is 13.0. The normalized spacial score (nSPS) is 17.1. The molecule has 1 unspecified atom stereocenters. The van der Waals surface area contributed by atoms with Gasteiger partial charge in [-0.1, -0.05) is 0 Å². The van der Waals surface area contributed by atoms with Crippen LogP contribution in [0.4, 0.5) is 10.1 Å². The highest BCUT2D eigenvalue weighted by Gasteiger charge is 2.27. The second-order valence-corrected chi connectivity index (χ2v) is 6.04. The number of amides is 1. The fraction of sp³-hybridized carbons (Fsp3) is 0.588. The first-order valence-corrected chi connectivity index (χ1v) is 8.17. The monoisotopic (exact) mass is 322 g/mol. The molecule has 1 aliphatic rings. The Hall–Kier alpha value is -1.66. The molecule has 0 aliphatic carbocycles. The second-order valence-electron chi connectivity index (χ2n) is 6.04. The van der Waals surface area contributed by atoms with E-state index >= 15 is 0 Å². The molecule has 1 saturated heterocycles. The number of rotatable bonds is 6. The first-order chi connectivity index (χ1) is 11.0. The Morgan fingerprint density at radius 1 is 1.26 bits per heavy atom. The minimum Gasteiger partial charge on any atom is -0.369 e. The van der Waals surface area contributed by atoms with Crippen LogP contribution in [0, 0.1) is 5.82 Å². The highest BCUT2D eigenvalue weighted by Crippen LogP contribution is 2.18. The Morgan fingerprint density at radius 3 is 2.43 bits per heavy atom. The lowest BCUT2D eigenvalue weighted by Crippen LogP contribution is -2.54. The predicted octanol–water partition coefficient (Wildman–Crippen LogP) is 1.01. The number of piperazine rings is 1. The number of carbonyl (C=O) groups excluding carboxylic acids is 1. The molecule has 6 heteroatoms. The molecule has 1 aliphatic heterocycles. The van der Waals surface area contributed by atoms with Gasteiger partial charge in [0.25, 0.3) is 0 Å². The summed E-state index contributed by atoms with van der Waals surface area (Å²) in [4.78, 5) is 18.7. The topological polar surface area (TPSA) is 38.8 Å². The summed E-state index contributed by atoms with van der Waals surface area (Å²) in [6, 6.07) is 6.50. The number of nitrogens with zero attached hydrogens (tertiary/aromatic N) is 3. The Balaban J connectivity index is 1.85. The molecule has 1 fully saturated rings. The third kappa shape index (κ3) is 4.65. The van der Waals surface area contributed by atoms with Gasteiger partial charge in [0, 0.05) is 52.0 Å². The number of hydrogen-bond acceptors (Lipinski definition) is 4. The van der Waals surface area contributed by atoms with E-state index in [1.807, 2.05) is 33.2 Å². The van der Waals surface area contributed by atoms with Gasteiger partial charge in [-0.05, 0) is 38.2 Å². The number of anilines is 1. The summed E-state index contributed by atoms with van der Waals surface area (Å²) >= 11 is 0. The van der Waals surface area contributed by atoms with Gasteiger partial charge in [-0.2, -0.15) is 0 Å². The Morgan fingerprint density at radius 2 is 1.87 bits per heavy atom. The zero-order valence-corrected chi connectivity index (χ0v) is 14.3. The van der Waals surface area contributed by atoms with Crippen LogP contribution in [0.3, 0.4) is 0 Å². The lowest BCUT2D eigenvalue weighted by Gasteiger charge is -2.39. The minimum atomic E-state index is -0.212. The van der Waals surface area contributed by atoms with Crippen molar-refractivity contribution >= 4 is 11.6 Å². The molecule has 1 heterocycles. The number of hydrogen-bond donors (Lipinski definition) is 1. The van der Waals surface area contributed by atoms with Crippen LogP contribution >= 0.6 is 0 Å². The molecule has 1 N–H and O–H groups in total. The molecule has 0 saturated carbocycles. The van der Waals surface area contributed by atoms with Gasteiger partial charge in [0.2, 0.25) is 5.91 Å². The van der Waals surface area contributed by atoms with E-state index < -0.39 is 0 Å². The van der Waals surface area contributed by atoms with E-state index in [9.17, 15) is 9.18 Å². The summed E-state index contributed by atoms with van der Waals surface area (Å²) < 4.78 is 13.0. The van der Waals surface area contributed by atoms with Gasteiger partial charge in [-0.15, -0.1) is 0 Å². The summed E-state index contributed by atoms with van der Waals surface area (Å²) in [7, 11) is 3.74. The molecule has 5 nitrogen and oxygen atoms in total. The number of nitrogens with one attached hydrogen (secondary N) is 1. The van der Waals surface area contributed by atoms with Crippen LogP contribution in [0.2, 0.25) is 0 Å². The zero-order chi connectivity index (χ0) is 16.8. The van der Waals surface area contributed by atoms with Gasteiger partial charge >= 0.3 is 0 Å². The third-order valence-electron chi connectivity index (χ3n) is 4.48. The summed E-state index contributed by atoms with van der Waals surface area (Å²) in [5.74, 6) is -0.0494. The summed E-state index contributed by atoms with van der Waals surface area (Å²) in [6.07, 6.45) is 0. The van der Waals surface area contributed by atoms with Crippen molar-refractivity contribution in [2.75, 3.05) is 58.3 Å². The van der Waals surface area contributed by atoms with Crippen molar-refractivity contribution in [1.29, 1.82) is 0 Å². The maximum Gasteiger partial charge on any atom is 0.239 e. The minimum absolute atomic E-state index is 0.104. The van der Waals surface area contributed by atoms with E-state index in [0.717, 1.165) is 45.0 Å². The van der Waals surface area contributed by atoms with Gasteiger partial charge in [-0.25, -0.2) is 4.39 Å². The predicted molar refractivity (Wildman–Crippen MR) is 91.2 cm³/mol. The van der Waals surface area contributed by atoms with E-state index in [4.69, 9.17) is 0 Å². The average Bonchev–Trinajstić information content (AvgIpc) is 2.59. The molecule has 0 bridgehead atoms. The number of benzene rings is 1. The Labute approximate surface area is 138 Å². The summed E-state index contributed by atoms with van der Waals surface area (Å²) in [5, 5.41) is 3.06. The van der Waals surface area contributed by atoms with E-state index in [1.54, 1.807) is 4.90 Å². The average molecular weight is 322 g/mol. The Bertz CT molecular complexity index is 500. The largest absolute Gasteiger partial charge is 0.369 e. The lowest BCUT2D eigenvalue weighted by molar-refractivity contribution is -0.135. The van der Waals surface area contributed by atoms with Crippen molar-refractivity contribution in [1.82, 2.24) is 15.1 Å². The van der Waals surface area contributed by atoms with Crippen LogP contribution in [0.15, 0.2) is 24.3 Å². The van der Waals surface area contributed by atoms with Crippen molar-refractivity contribution < 1.29 is 9.18 Å². The molecule has 0 aromatic heterocycles. The fourth-order valence-electron chi connectivity index (χ4n) is 2.88. The molecule has 0 radical (unpaired) electrons. The number of halogens is 1. The third-order valence-corrected chi connectivity index (χ3v) is 4.48. The molecular formula is C17H27FN4O. The highest BCUT2D eigenvalue weighted by atomic mass is 19.1. The zero-order valence-electron chi connectivity index (χ0n) is 14.3. The van der Waals surface area contributed by atoms with E-state index in [1.165, 1.54) is 12.1 Å². The standard InChI is InChI=1S/C17H27FN4O/c1-14(17(23)20(3)9-8-19-2)21-10-12-22(13-11-21)16-6-4-15(18)5-7-16/h4-7,14,19H,8-13H2,1-3H3. The molecule has 1 atom stereocenters. The van der Waals surface area contributed by atoms with Crippen LogP contribution in [-0.4, -0.2) is 75.1 Å². The van der Waals surface area contributed by atoms with Crippen molar-refractivity contribution in [3.05, 3.63) is 30.1 Å². The quantitative estimate of drug-likeness (QED) is 0.849. The van der Waals surface area contributed by atoms with E-state index in [-0.39, 0.29) is 17.8 Å². The Kier molecular flexibility index (Phi) is 6.36. The molecule has 128 valence electrons. The van der Waals surface area contributed by atoms with Gasteiger partial charge in [-0.3, -0.25) is 9.69 Å². The van der Waals surface area contributed by atoms with Crippen molar-refractivity contribution in [2.45, 2.75) is 13.0 Å². The molecule has 1 aromatic carbocycles. The van der Waals surface area contributed by atoms with Crippen molar-refractivity contribution in [3.63, 3.8) is 0 Å². The van der Waals surface area contributed by atoms with E-state index in [2.05, 4.69) is 15.1 Å². The van der Waals surface area contributed by atoms with Crippen molar-refractivity contribution in [3.8, 4) is 0 Å². The first-order valence-electron chi connectivity index (χ1n) is 8.17. The highest BCUT2D eigenvalue weighted by molar-refractivity contribution is 5.81. The maximum absolute atomic E-state index is 13.0. The fourth-order valence-corrected chi connectivity index (χ4v) is 2.88. The van der Waals surface area contributed by atoms with Crippen molar-refractivity contribution in [2.24, 2.45) is 0 Å². The van der Waals surface area contributed by atoms with Crippen LogP contribution in [0.1, 0.15) is 6.92 Å². The molecule has 2 rings (SSSR count). The van der Waals surface area contributed by atoms with Gasteiger partial charge in [0.15, 0.2) is 0 Å². The molecule has 1 amide bonds. The number of carbonyl (C=O) groups is 1. The van der Waals surface area contributed by atoms with Crippen LogP contribution in [0.25, 0.3) is 0 Å². The van der Waals surface area contributed by atoms with E-state index in [0.29, 0.717) is 0 Å². The molecule has 1 aromatic rings. The smallest absolute Gasteiger partial charge is 0.239 e. The van der Waals surface area contributed by atoms with Gasteiger partial charge in [0.05, 0.1) is 6.04 Å². The van der Waals surface area contributed by atoms with Gasteiger partial charge in [0.1, 0.15) is 5.82 Å². The molecule has 0 spiro atoms. The molecule has 23 heavy (non-hydrogen) atoms. The van der Waals surface area contributed by atoms with Crippen LogP contribution < -0.4 is 10.2 Å². The summed E-state index contributed by atoms with van der Waals surface area (Å²) in [5.41, 5.74) is 1.04.